The number of aliphatic carboxylic acids is 1. The van der Waals surface area contributed by atoms with Crippen molar-refractivity contribution in [1.29, 1.82) is 0 Å². The van der Waals surface area contributed by atoms with E-state index in [0.717, 1.165) is 11.1 Å². The fourth-order valence-electron chi connectivity index (χ4n) is 4.51. The lowest BCUT2D eigenvalue weighted by molar-refractivity contribution is -0.146. The highest BCUT2D eigenvalue weighted by Gasteiger charge is 2.45. The Balaban J connectivity index is 1.28. The highest BCUT2D eigenvalue weighted by Crippen LogP contribution is 2.44. The first kappa shape index (κ1) is 21.9. The van der Waals surface area contributed by atoms with E-state index in [1.807, 2.05) is 24.3 Å². The predicted octanol–water partition coefficient (Wildman–Crippen LogP) is 3.48. The molecule has 2 N–H and O–H groups in total. The Morgan fingerprint density at radius 2 is 1.66 bits per heavy atom. The Hall–Kier alpha value is -3.35. The van der Waals surface area contributed by atoms with Gasteiger partial charge in [-0.1, -0.05) is 48.5 Å². The molecule has 2 atom stereocenters. The summed E-state index contributed by atoms with van der Waals surface area (Å²) in [7, 11) is 0. The van der Waals surface area contributed by atoms with Gasteiger partial charge in [0.2, 0.25) is 5.91 Å². The molecule has 2 aromatic rings. The SMILES string of the molecule is CC(C)N(CC(=O)O)C(=O)[C@H]1C[C@H]1CNC(=O)OCC1c2ccccc2-c2ccccc21. The summed E-state index contributed by atoms with van der Waals surface area (Å²) in [5.41, 5.74) is 4.66. The van der Waals surface area contributed by atoms with Crippen LogP contribution in [0.5, 0.6) is 0 Å². The Kier molecular flexibility index (Phi) is 6.17. The highest BCUT2D eigenvalue weighted by molar-refractivity contribution is 5.85. The summed E-state index contributed by atoms with van der Waals surface area (Å²) in [5, 5.41) is 11.8. The molecular formula is C25H28N2O5. The van der Waals surface area contributed by atoms with Crippen molar-refractivity contribution in [2.75, 3.05) is 19.7 Å². The quantitative estimate of drug-likeness (QED) is 0.661. The topological polar surface area (TPSA) is 95.9 Å². The minimum atomic E-state index is -1.03. The van der Waals surface area contributed by atoms with Gasteiger partial charge in [-0.2, -0.15) is 0 Å². The van der Waals surface area contributed by atoms with Crippen LogP contribution in [0.25, 0.3) is 11.1 Å². The molecule has 0 bridgehead atoms. The fourth-order valence-corrected chi connectivity index (χ4v) is 4.51. The van der Waals surface area contributed by atoms with Gasteiger partial charge in [-0.25, -0.2) is 4.79 Å². The number of nitrogens with one attached hydrogen (secondary N) is 1. The molecule has 32 heavy (non-hydrogen) atoms. The van der Waals surface area contributed by atoms with Crippen molar-refractivity contribution >= 4 is 18.0 Å². The number of carboxylic acids is 1. The van der Waals surface area contributed by atoms with E-state index in [2.05, 4.69) is 29.6 Å². The summed E-state index contributed by atoms with van der Waals surface area (Å²) in [6.45, 7) is 3.87. The third-order valence-corrected chi connectivity index (χ3v) is 6.30. The number of ether oxygens (including phenoxy) is 1. The van der Waals surface area contributed by atoms with Crippen LogP contribution in [0.2, 0.25) is 0 Å². The number of carbonyl (C=O) groups is 3. The van der Waals surface area contributed by atoms with Crippen molar-refractivity contribution in [2.45, 2.75) is 32.2 Å². The van der Waals surface area contributed by atoms with Gasteiger partial charge in [-0.15, -0.1) is 0 Å². The van der Waals surface area contributed by atoms with Crippen molar-refractivity contribution in [2.24, 2.45) is 11.8 Å². The van der Waals surface area contributed by atoms with E-state index in [1.165, 1.54) is 16.0 Å². The number of hydrogen-bond donors (Lipinski definition) is 2. The van der Waals surface area contributed by atoms with E-state index in [1.54, 1.807) is 13.8 Å². The van der Waals surface area contributed by atoms with Gasteiger partial charge in [0.05, 0.1) is 0 Å². The van der Waals surface area contributed by atoms with Crippen LogP contribution in [-0.2, 0) is 14.3 Å². The number of alkyl carbamates (subject to hydrolysis) is 1. The van der Waals surface area contributed by atoms with E-state index in [9.17, 15) is 14.4 Å². The summed E-state index contributed by atoms with van der Waals surface area (Å²) < 4.78 is 5.53. The molecular weight excluding hydrogens is 408 g/mol. The molecule has 7 heteroatoms. The Morgan fingerprint density at radius 3 is 2.22 bits per heavy atom. The van der Waals surface area contributed by atoms with Crippen LogP contribution in [0.15, 0.2) is 48.5 Å². The predicted molar refractivity (Wildman–Crippen MR) is 119 cm³/mol. The maximum absolute atomic E-state index is 12.6. The standard InChI is InChI=1S/C25H28N2O5/c1-15(2)27(13-23(28)29)24(30)21-11-16(21)12-26-25(31)32-14-22-19-9-5-3-7-17(19)18-8-4-6-10-20(18)22/h3-10,15-16,21-22H,11-14H2,1-2H3,(H,26,31)(H,28,29)/t16-,21-/m0/s1. The Morgan fingerprint density at radius 1 is 1.06 bits per heavy atom. The number of hydrogen-bond acceptors (Lipinski definition) is 4. The van der Waals surface area contributed by atoms with Gasteiger partial charge in [0, 0.05) is 24.4 Å². The molecule has 1 saturated carbocycles. The molecule has 168 valence electrons. The van der Waals surface area contributed by atoms with Gasteiger partial charge < -0.3 is 20.1 Å². The molecule has 0 aliphatic heterocycles. The average molecular weight is 437 g/mol. The van der Waals surface area contributed by atoms with Crippen LogP contribution in [0.1, 0.15) is 37.3 Å². The van der Waals surface area contributed by atoms with Gasteiger partial charge in [0.25, 0.3) is 0 Å². The molecule has 0 spiro atoms. The van der Waals surface area contributed by atoms with E-state index in [4.69, 9.17) is 9.84 Å². The molecule has 0 unspecified atom stereocenters. The maximum Gasteiger partial charge on any atom is 0.407 e. The summed E-state index contributed by atoms with van der Waals surface area (Å²) in [5.74, 6) is -1.43. The third-order valence-electron chi connectivity index (χ3n) is 6.30. The molecule has 2 aliphatic rings. The Labute approximate surface area is 187 Å². The highest BCUT2D eigenvalue weighted by atomic mass is 16.5. The minimum absolute atomic E-state index is 0.000907. The molecule has 2 aliphatic carbocycles. The first-order valence-electron chi connectivity index (χ1n) is 11.0. The molecule has 2 amide bonds. The van der Waals surface area contributed by atoms with Crippen LogP contribution in [0.3, 0.4) is 0 Å². The number of carbonyl (C=O) groups excluding carboxylic acids is 2. The molecule has 4 rings (SSSR count). The van der Waals surface area contributed by atoms with Crippen molar-refractivity contribution in [3.8, 4) is 11.1 Å². The van der Waals surface area contributed by atoms with Gasteiger partial charge >= 0.3 is 12.1 Å². The molecule has 0 heterocycles. The van der Waals surface area contributed by atoms with Crippen molar-refractivity contribution in [3.05, 3.63) is 59.7 Å². The monoisotopic (exact) mass is 436 g/mol. The van der Waals surface area contributed by atoms with Crippen LogP contribution in [0, 0.1) is 11.8 Å². The van der Waals surface area contributed by atoms with Crippen LogP contribution >= 0.6 is 0 Å². The second kappa shape index (κ2) is 9.02. The van der Waals surface area contributed by atoms with E-state index >= 15 is 0 Å². The van der Waals surface area contributed by atoms with Crippen LogP contribution in [-0.4, -0.2) is 53.7 Å². The van der Waals surface area contributed by atoms with E-state index in [-0.39, 0.29) is 42.9 Å². The number of fused-ring (bicyclic) bond motifs is 3. The number of rotatable bonds is 8. The summed E-state index contributed by atoms with van der Waals surface area (Å²) in [6.07, 6.45) is 0.141. The number of nitrogens with zero attached hydrogens (tertiary/aromatic N) is 1. The van der Waals surface area contributed by atoms with Gasteiger partial charge in [-0.3, -0.25) is 9.59 Å². The first-order valence-corrected chi connectivity index (χ1v) is 11.0. The lowest BCUT2D eigenvalue weighted by Gasteiger charge is -2.25. The largest absolute Gasteiger partial charge is 0.480 e. The molecule has 2 aromatic carbocycles. The van der Waals surface area contributed by atoms with Gasteiger partial charge in [0.1, 0.15) is 13.2 Å². The second-order valence-corrected chi connectivity index (χ2v) is 8.76. The lowest BCUT2D eigenvalue weighted by atomic mass is 9.98. The molecule has 0 aromatic heterocycles. The van der Waals surface area contributed by atoms with Crippen molar-refractivity contribution in [1.82, 2.24) is 10.2 Å². The van der Waals surface area contributed by atoms with E-state index in [0.29, 0.717) is 13.0 Å². The van der Waals surface area contributed by atoms with Gasteiger partial charge in [-0.05, 0) is 48.4 Å². The molecule has 0 saturated heterocycles. The second-order valence-electron chi connectivity index (χ2n) is 8.76. The zero-order chi connectivity index (χ0) is 22.8. The van der Waals surface area contributed by atoms with Crippen molar-refractivity contribution in [3.63, 3.8) is 0 Å². The summed E-state index contributed by atoms with van der Waals surface area (Å²) in [4.78, 5) is 37.3. The number of benzene rings is 2. The average Bonchev–Trinajstić information content (AvgIpc) is 3.49. The van der Waals surface area contributed by atoms with Crippen LogP contribution < -0.4 is 5.32 Å². The first-order chi connectivity index (χ1) is 15.4. The van der Waals surface area contributed by atoms with Gasteiger partial charge in [0.15, 0.2) is 0 Å². The normalized spacial score (nSPS) is 18.6. The lowest BCUT2D eigenvalue weighted by Crippen LogP contribution is -2.42. The zero-order valence-corrected chi connectivity index (χ0v) is 18.3. The number of carboxylic acid groups (broad SMARTS) is 1. The third kappa shape index (κ3) is 4.47. The van der Waals surface area contributed by atoms with Crippen LogP contribution in [0.4, 0.5) is 4.79 Å². The minimum Gasteiger partial charge on any atom is -0.480 e. The molecule has 0 radical (unpaired) electrons. The Bertz CT molecular complexity index is 989. The van der Waals surface area contributed by atoms with Crippen molar-refractivity contribution < 1.29 is 24.2 Å². The number of amides is 2. The zero-order valence-electron chi connectivity index (χ0n) is 18.3. The maximum atomic E-state index is 12.6. The smallest absolute Gasteiger partial charge is 0.407 e. The molecule has 1 fully saturated rings. The van der Waals surface area contributed by atoms with E-state index < -0.39 is 12.1 Å². The summed E-state index contributed by atoms with van der Waals surface area (Å²) in [6, 6.07) is 16.1. The molecule has 7 nitrogen and oxygen atoms in total. The summed E-state index contributed by atoms with van der Waals surface area (Å²) >= 11 is 0. The fraction of sp³-hybridized carbons (Fsp3) is 0.400.